The van der Waals surface area contributed by atoms with Crippen LogP contribution in [0.1, 0.15) is 18.4 Å². The molecule has 3 rings (SSSR count). The summed E-state index contributed by atoms with van der Waals surface area (Å²) < 4.78 is 0. The number of piperidine rings is 1. The van der Waals surface area contributed by atoms with Crippen molar-refractivity contribution in [1.82, 2.24) is 0 Å². The Bertz CT molecular complexity index is 391. The van der Waals surface area contributed by atoms with E-state index in [2.05, 4.69) is 11.0 Å². The summed E-state index contributed by atoms with van der Waals surface area (Å²) in [5, 5.41) is 9.79. The van der Waals surface area contributed by atoms with E-state index in [0.717, 1.165) is 31.4 Å². The van der Waals surface area contributed by atoms with Gasteiger partial charge in [0.15, 0.2) is 0 Å². The molecule has 0 aliphatic carbocycles. The Kier molecular flexibility index (Phi) is 1.89. The second kappa shape index (κ2) is 3.14. The number of hydrogen-bond acceptors (Lipinski definition) is 3. The maximum Gasteiger partial charge on any atom is 0.120 e. The molecule has 1 aromatic rings. The molecule has 80 valence electrons. The van der Waals surface area contributed by atoms with E-state index in [1.807, 2.05) is 6.07 Å². The maximum atomic E-state index is 9.79. The Labute approximate surface area is 89.5 Å². The van der Waals surface area contributed by atoms with Gasteiger partial charge in [0.05, 0.1) is 0 Å². The second-order valence-electron chi connectivity index (χ2n) is 4.61. The molecule has 2 aliphatic rings. The van der Waals surface area contributed by atoms with E-state index >= 15 is 0 Å². The van der Waals surface area contributed by atoms with Crippen LogP contribution in [0.5, 0.6) is 5.75 Å². The zero-order valence-corrected chi connectivity index (χ0v) is 8.69. The smallest absolute Gasteiger partial charge is 0.120 e. The van der Waals surface area contributed by atoms with Crippen molar-refractivity contribution in [1.29, 1.82) is 0 Å². The van der Waals surface area contributed by atoms with Gasteiger partial charge in [-0.15, -0.1) is 0 Å². The van der Waals surface area contributed by atoms with Crippen molar-refractivity contribution in [2.24, 2.45) is 5.73 Å². The van der Waals surface area contributed by atoms with Crippen molar-refractivity contribution in [3.05, 3.63) is 23.8 Å². The highest BCUT2D eigenvalue weighted by molar-refractivity contribution is 5.64. The molecule has 1 fully saturated rings. The number of anilines is 1. The lowest BCUT2D eigenvalue weighted by molar-refractivity contribution is 0.421. The van der Waals surface area contributed by atoms with Gasteiger partial charge in [-0.3, -0.25) is 0 Å². The monoisotopic (exact) mass is 204 g/mol. The van der Waals surface area contributed by atoms with Gasteiger partial charge in [-0.2, -0.15) is 0 Å². The summed E-state index contributed by atoms with van der Waals surface area (Å²) in [6.45, 7) is 1.03. The maximum absolute atomic E-state index is 9.79. The van der Waals surface area contributed by atoms with Crippen LogP contribution in [0.15, 0.2) is 18.2 Å². The van der Waals surface area contributed by atoms with E-state index in [9.17, 15) is 5.11 Å². The molecule has 1 saturated heterocycles. The fraction of sp³-hybridized carbons (Fsp3) is 0.500. The summed E-state index contributed by atoms with van der Waals surface area (Å²) in [4.78, 5) is 2.40. The number of hydrogen-bond donors (Lipinski definition) is 2. The molecule has 0 saturated carbocycles. The zero-order chi connectivity index (χ0) is 10.4. The van der Waals surface area contributed by atoms with Gasteiger partial charge in [0.2, 0.25) is 0 Å². The molecular formula is C12H16N2O. The number of benzene rings is 1. The summed E-state index contributed by atoms with van der Waals surface area (Å²) in [5.74, 6) is 0.440. The molecule has 3 heteroatoms. The third-order valence-electron chi connectivity index (χ3n) is 3.63. The van der Waals surface area contributed by atoms with Crippen molar-refractivity contribution in [2.45, 2.75) is 31.3 Å². The molecule has 3 nitrogen and oxygen atoms in total. The molecule has 2 heterocycles. The summed E-state index contributed by atoms with van der Waals surface area (Å²) in [5.41, 5.74) is 8.30. The minimum absolute atomic E-state index is 0.336. The molecule has 2 unspecified atom stereocenters. The van der Waals surface area contributed by atoms with E-state index < -0.39 is 0 Å². The van der Waals surface area contributed by atoms with Crippen LogP contribution in [-0.2, 0) is 6.42 Å². The van der Waals surface area contributed by atoms with Crippen molar-refractivity contribution >= 4 is 5.69 Å². The molecule has 0 spiro atoms. The van der Waals surface area contributed by atoms with Crippen LogP contribution >= 0.6 is 0 Å². The number of nitrogens with zero attached hydrogens (tertiary/aromatic N) is 1. The van der Waals surface area contributed by atoms with Crippen molar-refractivity contribution in [2.75, 3.05) is 11.4 Å². The van der Waals surface area contributed by atoms with E-state index in [4.69, 9.17) is 5.73 Å². The summed E-state index contributed by atoms with van der Waals surface area (Å²) in [7, 11) is 0. The lowest BCUT2D eigenvalue weighted by Crippen LogP contribution is -2.45. The summed E-state index contributed by atoms with van der Waals surface area (Å²) >= 11 is 0. The van der Waals surface area contributed by atoms with Gasteiger partial charge in [-0.1, -0.05) is 6.07 Å². The lowest BCUT2D eigenvalue weighted by atomic mass is 9.97. The summed E-state index contributed by atoms with van der Waals surface area (Å²) in [6, 6.07) is 6.65. The van der Waals surface area contributed by atoms with Gasteiger partial charge >= 0.3 is 0 Å². The Balaban J connectivity index is 1.99. The van der Waals surface area contributed by atoms with Crippen molar-refractivity contribution < 1.29 is 5.11 Å². The molecule has 0 amide bonds. The average molecular weight is 204 g/mol. The molecule has 2 atom stereocenters. The molecular weight excluding hydrogens is 188 g/mol. The number of rotatable bonds is 0. The van der Waals surface area contributed by atoms with E-state index in [1.54, 1.807) is 6.07 Å². The minimum atomic E-state index is 0.336. The number of aromatic hydroxyl groups is 1. The second-order valence-corrected chi connectivity index (χ2v) is 4.61. The molecule has 0 radical (unpaired) electrons. The number of nitrogens with two attached hydrogens (primary N) is 1. The molecule has 1 aromatic carbocycles. The van der Waals surface area contributed by atoms with Crippen LogP contribution in [-0.4, -0.2) is 23.7 Å². The largest absolute Gasteiger partial charge is 0.508 e. The first-order valence-electron chi connectivity index (χ1n) is 5.59. The Morgan fingerprint density at radius 1 is 1.40 bits per heavy atom. The fourth-order valence-electron chi connectivity index (χ4n) is 2.87. The van der Waals surface area contributed by atoms with Crippen molar-refractivity contribution in [3.63, 3.8) is 0 Å². The lowest BCUT2D eigenvalue weighted by Gasteiger charge is -2.35. The normalized spacial score (nSPS) is 28.7. The van der Waals surface area contributed by atoms with Gasteiger partial charge in [0.25, 0.3) is 0 Å². The Hall–Kier alpha value is -1.22. The van der Waals surface area contributed by atoms with Crippen LogP contribution in [0.2, 0.25) is 0 Å². The van der Waals surface area contributed by atoms with Crippen molar-refractivity contribution in [3.8, 4) is 5.75 Å². The van der Waals surface area contributed by atoms with Gasteiger partial charge in [-0.05, 0) is 31.4 Å². The third-order valence-corrected chi connectivity index (χ3v) is 3.63. The SMILES string of the molecule is NC1CCN2c3cccc(O)c3CC2C1. The first kappa shape index (κ1) is 9.04. The van der Waals surface area contributed by atoms with Gasteiger partial charge in [0, 0.05) is 29.9 Å². The fourth-order valence-corrected chi connectivity index (χ4v) is 2.87. The van der Waals surface area contributed by atoms with Crippen LogP contribution in [0.4, 0.5) is 5.69 Å². The number of phenols is 1. The molecule has 0 bridgehead atoms. The van der Waals surface area contributed by atoms with Gasteiger partial charge in [0.1, 0.15) is 5.75 Å². The van der Waals surface area contributed by atoms with Gasteiger partial charge < -0.3 is 15.7 Å². The number of phenolic OH excluding ortho intramolecular Hbond substituents is 1. The predicted molar refractivity (Wildman–Crippen MR) is 60.2 cm³/mol. The Morgan fingerprint density at radius 2 is 2.27 bits per heavy atom. The molecule has 15 heavy (non-hydrogen) atoms. The quantitative estimate of drug-likeness (QED) is 0.668. The molecule has 3 N–H and O–H groups in total. The summed E-state index contributed by atoms with van der Waals surface area (Å²) in [6.07, 6.45) is 3.06. The number of fused-ring (bicyclic) bond motifs is 3. The average Bonchev–Trinajstić information content (AvgIpc) is 2.57. The van der Waals surface area contributed by atoms with E-state index in [-0.39, 0.29) is 0 Å². The van der Waals surface area contributed by atoms with Gasteiger partial charge in [-0.25, -0.2) is 0 Å². The Morgan fingerprint density at radius 3 is 3.13 bits per heavy atom. The van der Waals surface area contributed by atoms with Crippen LogP contribution in [0.25, 0.3) is 0 Å². The third kappa shape index (κ3) is 1.30. The highest BCUT2D eigenvalue weighted by atomic mass is 16.3. The molecule has 0 aromatic heterocycles. The highest BCUT2D eigenvalue weighted by Gasteiger charge is 2.34. The first-order valence-corrected chi connectivity index (χ1v) is 5.59. The van der Waals surface area contributed by atoms with Crippen LogP contribution in [0.3, 0.4) is 0 Å². The van der Waals surface area contributed by atoms with E-state index in [1.165, 1.54) is 5.69 Å². The van der Waals surface area contributed by atoms with E-state index in [0.29, 0.717) is 17.8 Å². The predicted octanol–water partition coefficient (Wildman–Crippen LogP) is 1.24. The topological polar surface area (TPSA) is 49.5 Å². The molecule has 2 aliphatic heterocycles. The highest BCUT2D eigenvalue weighted by Crippen LogP contribution is 2.40. The zero-order valence-electron chi connectivity index (χ0n) is 8.69. The van der Waals surface area contributed by atoms with Crippen LogP contribution < -0.4 is 10.6 Å². The van der Waals surface area contributed by atoms with Crippen LogP contribution in [0, 0.1) is 0 Å². The first-order chi connectivity index (χ1) is 7.25. The standard InChI is InChI=1S/C12H16N2O/c13-8-4-5-14-9(6-8)7-10-11(14)2-1-3-12(10)15/h1-3,8-9,15H,4-7,13H2. The minimum Gasteiger partial charge on any atom is -0.508 e.